The van der Waals surface area contributed by atoms with E-state index in [-0.39, 0.29) is 0 Å². The van der Waals surface area contributed by atoms with E-state index in [2.05, 4.69) is 10.2 Å². The zero-order chi connectivity index (χ0) is 13.7. The Morgan fingerprint density at radius 2 is 2.16 bits per heavy atom. The second-order valence-electron chi connectivity index (χ2n) is 4.19. The Morgan fingerprint density at radius 3 is 2.74 bits per heavy atom. The summed E-state index contributed by atoms with van der Waals surface area (Å²) < 4.78 is 1.80. The van der Waals surface area contributed by atoms with E-state index in [0.29, 0.717) is 12.2 Å². The van der Waals surface area contributed by atoms with Crippen molar-refractivity contribution in [3.63, 3.8) is 0 Å². The number of aromatic nitrogens is 3. The number of nitrogens with zero attached hydrogens (tertiary/aromatic N) is 3. The molecule has 1 heterocycles. The van der Waals surface area contributed by atoms with Crippen LogP contribution in [-0.2, 0) is 24.0 Å². The molecule has 0 bridgehead atoms. The molecule has 0 saturated carbocycles. The summed E-state index contributed by atoms with van der Waals surface area (Å²) >= 11 is 1.37. The summed E-state index contributed by atoms with van der Waals surface area (Å²) in [5.41, 5.74) is 1.03. The molecule has 0 aliphatic carbocycles. The van der Waals surface area contributed by atoms with Gasteiger partial charge in [0.1, 0.15) is 17.4 Å². The van der Waals surface area contributed by atoms with Gasteiger partial charge in [-0.05, 0) is 12.0 Å². The maximum absolute atomic E-state index is 11.3. The molecule has 2 aromatic rings. The van der Waals surface area contributed by atoms with Gasteiger partial charge < -0.3 is 9.67 Å². The molecule has 0 spiro atoms. The largest absolute Gasteiger partial charge is 0.480 e. The van der Waals surface area contributed by atoms with Gasteiger partial charge in [0.05, 0.1) is 5.75 Å². The standard InChI is InChI=1S/C13H15N3O2S/c1-16-9-14-15-12(16)8-19-11(13(17)18)7-10-5-3-2-4-6-10/h2-6,9,11H,7-8H2,1H3,(H,17,18). The number of benzene rings is 1. The molecule has 1 atom stereocenters. The Labute approximate surface area is 115 Å². The topological polar surface area (TPSA) is 68.0 Å². The van der Waals surface area contributed by atoms with Crippen molar-refractivity contribution < 1.29 is 9.90 Å². The number of thioether (sulfide) groups is 1. The number of carbonyl (C=O) groups is 1. The van der Waals surface area contributed by atoms with Crippen LogP contribution in [0.15, 0.2) is 36.7 Å². The number of aryl methyl sites for hydroxylation is 1. The van der Waals surface area contributed by atoms with Crippen LogP contribution in [0.25, 0.3) is 0 Å². The van der Waals surface area contributed by atoms with Crippen molar-refractivity contribution >= 4 is 17.7 Å². The summed E-state index contributed by atoms with van der Waals surface area (Å²) in [6.07, 6.45) is 2.13. The van der Waals surface area contributed by atoms with Crippen LogP contribution in [0.1, 0.15) is 11.4 Å². The van der Waals surface area contributed by atoms with Crippen molar-refractivity contribution in [2.45, 2.75) is 17.4 Å². The molecule has 6 heteroatoms. The maximum Gasteiger partial charge on any atom is 0.316 e. The number of hydrogen-bond donors (Lipinski definition) is 1. The number of carboxylic acids is 1. The molecular weight excluding hydrogens is 262 g/mol. The molecule has 0 saturated heterocycles. The summed E-state index contributed by atoms with van der Waals surface area (Å²) in [4.78, 5) is 11.3. The first kappa shape index (κ1) is 13.6. The minimum Gasteiger partial charge on any atom is -0.480 e. The highest BCUT2D eigenvalue weighted by molar-refractivity contribution is 7.99. The first-order valence-corrected chi connectivity index (χ1v) is 6.93. The highest BCUT2D eigenvalue weighted by Gasteiger charge is 2.19. The lowest BCUT2D eigenvalue weighted by Gasteiger charge is -2.11. The van der Waals surface area contributed by atoms with E-state index in [1.165, 1.54) is 11.8 Å². The van der Waals surface area contributed by atoms with Gasteiger partial charge in [0.2, 0.25) is 0 Å². The van der Waals surface area contributed by atoms with Crippen LogP contribution >= 0.6 is 11.8 Å². The number of carboxylic acid groups (broad SMARTS) is 1. The normalized spacial score (nSPS) is 12.3. The first-order chi connectivity index (χ1) is 9.16. The predicted molar refractivity (Wildman–Crippen MR) is 73.9 cm³/mol. The van der Waals surface area contributed by atoms with Crippen LogP contribution in [0.4, 0.5) is 0 Å². The van der Waals surface area contributed by atoms with Gasteiger partial charge in [0.15, 0.2) is 0 Å². The molecule has 1 unspecified atom stereocenters. The minimum absolute atomic E-state index is 0.473. The first-order valence-electron chi connectivity index (χ1n) is 5.88. The molecule has 1 N–H and O–H groups in total. The van der Waals surface area contributed by atoms with Crippen LogP contribution in [-0.4, -0.2) is 31.1 Å². The van der Waals surface area contributed by atoms with Crippen molar-refractivity contribution in [2.24, 2.45) is 7.05 Å². The average Bonchev–Trinajstić information content (AvgIpc) is 2.81. The van der Waals surface area contributed by atoms with Gasteiger partial charge in [-0.1, -0.05) is 30.3 Å². The zero-order valence-electron chi connectivity index (χ0n) is 10.6. The van der Waals surface area contributed by atoms with Crippen LogP contribution in [0.5, 0.6) is 0 Å². The molecule has 0 fully saturated rings. The fraction of sp³-hybridized carbons (Fsp3) is 0.308. The molecule has 1 aromatic carbocycles. The maximum atomic E-state index is 11.3. The van der Waals surface area contributed by atoms with Gasteiger partial charge in [-0.15, -0.1) is 22.0 Å². The summed E-state index contributed by atoms with van der Waals surface area (Å²) in [6.45, 7) is 0. The second-order valence-corrected chi connectivity index (χ2v) is 5.38. The van der Waals surface area contributed by atoms with E-state index in [1.807, 2.05) is 37.4 Å². The third-order valence-electron chi connectivity index (χ3n) is 2.76. The van der Waals surface area contributed by atoms with Crippen LogP contribution in [0, 0.1) is 0 Å². The quantitative estimate of drug-likeness (QED) is 0.871. The smallest absolute Gasteiger partial charge is 0.316 e. The lowest BCUT2D eigenvalue weighted by molar-refractivity contribution is -0.136. The van der Waals surface area contributed by atoms with E-state index in [0.717, 1.165) is 11.4 Å². The lowest BCUT2D eigenvalue weighted by Crippen LogP contribution is -2.19. The highest BCUT2D eigenvalue weighted by Crippen LogP contribution is 2.20. The van der Waals surface area contributed by atoms with Crippen LogP contribution in [0.3, 0.4) is 0 Å². The predicted octanol–water partition coefficient (Wildman–Crippen LogP) is 1.74. The van der Waals surface area contributed by atoms with Crippen molar-refractivity contribution in [2.75, 3.05) is 0 Å². The Balaban J connectivity index is 1.97. The Morgan fingerprint density at radius 1 is 1.42 bits per heavy atom. The van der Waals surface area contributed by atoms with Gasteiger partial charge in [-0.2, -0.15) is 0 Å². The van der Waals surface area contributed by atoms with Crippen molar-refractivity contribution in [3.8, 4) is 0 Å². The third-order valence-corrected chi connectivity index (χ3v) is 3.95. The fourth-order valence-electron chi connectivity index (χ4n) is 1.66. The third kappa shape index (κ3) is 3.82. The van der Waals surface area contributed by atoms with E-state index < -0.39 is 11.2 Å². The molecule has 100 valence electrons. The van der Waals surface area contributed by atoms with E-state index in [9.17, 15) is 9.90 Å². The molecule has 0 aliphatic heterocycles. The Kier molecular flexibility index (Phi) is 4.57. The van der Waals surface area contributed by atoms with Gasteiger partial charge in [0, 0.05) is 7.05 Å². The van der Waals surface area contributed by atoms with Gasteiger partial charge in [-0.3, -0.25) is 4.79 Å². The van der Waals surface area contributed by atoms with Crippen molar-refractivity contribution in [1.82, 2.24) is 14.8 Å². The summed E-state index contributed by atoms with van der Waals surface area (Å²) in [5, 5.41) is 16.5. The minimum atomic E-state index is -0.795. The number of aliphatic carboxylic acids is 1. The Bertz CT molecular complexity index is 542. The Hall–Kier alpha value is -1.82. The van der Waals surface area contributed by atoms with E-state index in [4.69, 9.17) is 0 Å². The summed E-state index contributed by atoms with van der Waals surface area (Å²) in [6, 6.07) is 9.65. The fourth-order valence-corrected chi connectivity index (χ4v) is 2.72. The molecule has 1 aromatic heterocycles. The molecule has 0 aliphatic rings. The summed E-state index contributed by atoms with van der Waals surface area (Å²) in [5.74, 6) is 0.528. The monoisotopic (exact) mass is 277 g/mol. The van der Waals surface area contributed by atoms with Gasteiger partial charge in [-0.25, -0.2) is 0 Å². The highest BCUT2D eigenvalue weighted by atomic mass is 32.2. The van der Waals surface area contributed by atoms with Gasteiger partial charge >= 0.3 is 5.97 Å². The number of hydrogen-bond acceptors (Lipinski definition) is 4. The van der Waals surface area contributed by atoms with Gasteiger partial charge in [0.25, 0.3) is 0 Å². The van der Waals surface area contributed by atoms with Crippen LogP contribution in [0.2, 0.25) is 0 Å². The molecule has 0 amide bonds. The van der Waals surface area contributed by atoms with Crippen molar-refractivity contribution in [3.05, 3.63) is 48.0 Å². The molecule has 2 rings (SSSR count). The SMILES string of the molecule is Cn1cnnc1CSC(Cc1ccccc1)C(=O)O. The molecule has 5 nitrogen and oxygen atoms in total. The second kappa shape index (κ2) is 6.38. The lowest BCUT2D eigenvalue weighted by atomic mass is 10.1. The molecule has 0 radical (unpaired) electrons. The van der Waals surface area contributed by atoms with Crippen LogP contribution < -0.4 is 0 Å². The number of rotatable bonds is 6. The average molecular weight is 277 g/mol. The van der Waals surface area contributed by atoms with E-state index in [1.54, 1.807) is 10.9 Å². The molecular formula is C13H15N3O2S. The van der Waals surface area contributed by atoms with E-state index >= 15 is 0 Å². The zero-order valence-corrected chi connectivity index (χ0v) is 11.4. The van der Waals surface area contributed by atoms with Crippen molar-refractivity contribution in [1.29, 1.82) is 0 Å². The summed E-state index contributed by atoms with van der Waals surface area (Å²) in [7, 11) is 1.85. The molecule has 19 heavy (non-hydrogen) atoms.